The molecule has 19 heavy (non-hydrogen) atoms. The van der Waals surface area contributed by atoms with Crippen LogP contribution in [0.25, 0.3) is 11.6 Å². The van der Waals surface area contributed by atoms with E-state index in [0.29, 0.717) is 16.8 Å². The first kappa shape index (κ1) is 11.9. The Kier molecular flexibility index (Phi) is 2.80. The normalized spacial score (nSPS) is 15.5. The fraction of sp³-hybridized carbons (Fsp3) is 0. The Labute approximate surface area is 113 Å². The van der Waals surface area contributed by atoms with Crippen molar-refractivity contribution in [3.8, 4) is 0 Å². The molecule has 3 rings (SSSR count). The van der Waals surface area contributed by atoms with Gasteiger partial charge in [-0.25, -0.2) is 4.39 Å². The molecule has 1 aliphatic heterocycles. The lowest BCUT2D eigenvalue weighted by atomic mass is 10.1. The number of nitrogens with one attached hydrogen (secondary N) is 1. The number of pyridine rings is 1. The van der Waals surface area contributed by atoms with E-state index in [0.717, 1.165) is 0 Å². The van der Waals surface area contributed by atoms with Crippen LogP contribution in [0.3, 0.4) is 0 Å². The minimum atomic E-state index is -0.540. The van der Waals surface area contributed by atoms with Gasteiger partial charge in [0.15, 0.2) is 0 Å². The SMILES string of the molecule is O=C1Nc2ccncc2/C1=C/c1cccc(Cl)c1F. The second kappa shape index (κ2) is 4.48. The number of hydrogen-bond donors (Lipinski definition) is 1. The molecule has 0 unspecified atom stereocenters. The fourth-order valence-electron chi connectivity index (χ4n) is 1.96. The minimum Gasteiger partial charge on any atom is -0.321 e. The molecule has 2 heterocycles. The predicted octanol–water partition coefficient (Wildman–Crippen LogP) is 3.37. The number of carbonyl (C=O) groups is 1. The highest BCUT2D eigenvalue weighted by Gasteiger charge is 2.24. The third-order valence-corrected chi connectivity index (χ3v) is 3.18. The van der Waals surface area contributed by atoms with Gasteiger partial charge in [-0.1, -0.05) is 23.7 Å². The van der Waals surface area contributed by atoms with E-state index in [9.17, 15) is 9.18 Å². The van der Waals surface area contributed by atoms with Gasteiger partial charge in [-0.3, -0.25) is 9.78 Å². The molecule has 1 aromatic heterocycles. The zero-order valence-electron chi connectivity index (χ0n) is 9.65. The summed E-state index contributed by atoms with van der Waals surface area (Å²) in [5.74, 6) is -0.816. The maximum absolute atomic E-state index is 13.8. The van der Waals surface area contributed by atoms with E-state index in [1.807, 2.05) is 0 Å². The summed E-state index contributed by atoms with van der Waals surface area (Å²) in [7, 11) is 0. The van der Waals surface area contributed by atoms with Crippen molar-refractivity contribution in [2.75, 3.05) is 5.32 Å². The first-order chi connectivity index (χ1) is 9.16. The summed E-state index contributed by atoms with van der Waals surface area (Å²) in [4.78, 5) is 15.8. The van der Waals surface area contributed by atoms with Gasteiger partial charge in [0.1, 0.15) is 5.82 Å². The molecule has 1 aliphatic rings. The van der Waals surface area contributed by atoms with Crippen molar-refractivity contribution in [1.82, 2.24) is 4.98 Å². The summed E-state index contributed by atoms with van der Waals surface area (Å²) in [6.45, 7) is 0. The van der Waals surface area contributed by atoms with Crippen LogP contribution in [-0.2, 0) is 4.79 Å². The largest absolute Gasteiger partial charge is 0.321 e. The molecule has 1 aromatic carbocycles. The van der Waals surface area contributed by atoms with Crippen LogP contribution in [0.5, 0.6) is 0 Å². The van der Waals surface area contributed by atoms with Gasteiger partial charge in [0, 0.05) is 23.5 Å². The first-order valence-corrected chi connectivity index (χ1v) is 5.96. The van der Waals surface area contributed by atoms with E-state index in [2.05, 4.69) is 10.3 Å². The molecule has 0 radical (unpaired) electrons. The Balaban J connectivity index is 2.14. The quantitative estimate of drug-likeness (QED) is 0.810. The standard InChI is InChI=1S/C14H8ClFN2O/c15-11-3-1-2-8(13(11)16)6-9-10-7-17-5-4-12(10)18-14(9)19/h1-7H,(H,18,19)/b9-6-. The summed E-state index contributed by atoms with van der Waals surface area (Å²) < 4.78 is 13.8. The summed E-state index contributed by atoms with van der Waals surface area (Å²) in [6, 6.07) is 6.36. The highest BCUT2D eigenvalue weighted by Crippen LogP contribution is 2.32. The fourth-order valence-corrected chi connectivity index (χ4v) is 2.14. The second-order valence-corrected chi connectivity index (χ2v) is 4.48. The van der Waals surface area contributed by atoms with Gasteiger partial charge in [-0.15, -0.1) is 0 Å². The maximum atomic E-state index is 13.8. The number of hydrogen-bond acceptors (Lipinski definition) is 2. The number of amides is 1. The lowest BCUT2D eigenvalue weighted by molar-refractivity contribution is -0.110. The zero-order chi connectivity index (χ0) is 13.4. The molecule has 1 amide bonds. The van der Waals surface area contributed by atoms with Crippen LogP contribution < -0.4 is 5.32 Å². The third kappa shape index (κ3) is 2.00. The number of carbonyl (C=O) groups excluding carboxylic acids is 1. The van der Waals surface area contributed by atoms with Crippen molar-refractivity contribution < 1.29 is 9.18 Å². The Morgan fingerprint density at radius 2 is 2.16 bits per heavy atom. The summed E-state index contributed by atoms with van der Waals surface area (Å²) in [6.07, 6.45) is 4.63. The summed E-state index contributed by atoms with van der Waals surface area (Å²) in [5, 5.41) is 2.73. The number of fused-ring (bicyclic) bond motifs is 1. The Morgan fingerprint density at radius 1 is 1.32 bits per heavy atom. The van der Waals surface area contributed by atoms with Crippen LogP contribution in [0.15, 0.2) is 36.7 Å². The Morgan fingerprint density at radius 3 is 3.00 bits per heavy atom. The van der Waals surface area contributed by atoms with Crippen LogP contribution in [0.4, 0.5) is 10.1 Å². The van der Waals surface area contributed by atoms with Gasteiger partial charge < -0.3 is 5.32 Å². The van der Waals surface area contributed by atoms with Gasteiger partial charge in [0.05, 0.1) is 16.3 Å². The van der Waals surface area contributed by atoms with Crippen LogP contribution >= 0.6 is 11.6 Å². The van der Waals surface area contributed by atoms with E-state index in [4.69, 9.17) is 11.6 Å². The average Bonchev–Trinajstić information content (AvgIpc) is 2.72. The molecule has 2 aromatic rings. The van der Waals surface area contributed by atoms with Crippen molar-refractivity contribution in [2.45, 2.75) is 0 Å². The highest BCUT2D eigenvalue weighted by atomic mass is 35.5. The van der Waals surface area contributed by atoms with Crippen LogP contribution in [0, 0.1) is 5.82 Å². The first-order valence-electron chi connectivity index (χ1n) is 5.58. The summed E-state index contributed by atoms with van der Waals surface area (Å²) in [5.41, 5.74) is 1.99. The smallest absolute Gasteiger partial charge is 0.256 e. The second-order valence-electron chi connectivity index (χ2n) is 4.08. The van der Waals surface area contributed by atoms with E-state index in [1.165, 1.54) is 12.1 Å². The molecule has 3 nitrogen and oxygen atoms in total. The molecule has 0 bridgehead atoms. The molecule has 0 fully saturated rings. The van der Waals surface area contributed by atoms with Crippen LogP contribution in [0.2, 0.25) is 5.02 Å². The molecule has 0 aliphatic carbocycles. The van der Waals surface area contributed by atoms with E-state index in [-0.39, 0.29) is 16.5 Å². The van der Waals surface area contributed by atoms with Crippen LogP contribution in [-0.4, -0.2) is 10.9 Å². The third-order valence-electron chi connectivity index (χ3n) is 2.89. The highest BCUT2D eigenvalue weighted by molar-refractivity contribution is 6.35. The van der Waals surface area contributed by atoms with Gasteiger partial charge in [-0.2, -0.15) is 0 Å². The minimum absolute atomic E-state index is 0.0270. The number of nitrogens with zero attached hydrogens (tertiary/aromatic N) is 1. The molecule has 0 saturated heterocycles. The van der Waals surface area contributed by atoms with Gasteiger partial charge in [-0.05, 0) is 18.2 Å². The van der Waals surface area contributed by atoms with E-state index < -0.39 is 5.82 Å². The number of benzene rings is 1. The lowest BCUT2D eigenvalue weighted by Gasteiger charge is -2.01. The van der Waals surface area contributed by atoms with Crippen LogP contribution in [0.1, 0.15) is 11.1 Å². The Hall–Kier alpha value is -2.20. The molecule has 0 spiro atoms. The molecule has 94 valence electrons. The van der Waals surface area contributed by atoms with Gasteiger partial charge >= 0.3 is 0 Å². The van der Waals surface area contributed by atoms with E-state index in [1.54, 1.807) is 30.6 Å². The maximum Gasteiger partial charge on any atom is 0.256 e. The monoisotopic (exact) mass is 274 g/mol. The van der Waals surface area contributed by atoms with Gasteiger partial charge in [0.25, 0.3) is 5.91 Å². The van der Waals surface area contributed by atoms with E-state index >= 15 is 0 Å². The molecular weight excluding hydrogens is 267 g/mol. The molecular formula is C14H8ClFN2O. The van der Waals surface area contributed by atoms with Crippen molar-refractivity contribution in [1.29, 1.82) is 0 Å². The van der Waals surface area contributed by atoms with Crippen molar-refractivity contribution in [2.24, 2.45) is 0 Å². The van der Waals surface area contributed by atoms with Crippen molar-refractivity contribution in [3.63, 3.8) is 0 Å². The Bertz CT molecular complexity index is 712. The zero-order valence-corrected chi connectivity index (χ0v) is 10.4. The molecule has 5 heteroatoms. The number of aromatic nitrogens is 1. The lowest BCUT2D eigenvalue weighted by Crippen LogP contribution is -2.03. The topological polar surface area (TPSA) is 42.0 Å². The molecule has 0 atom stereocenters. The summed E-state index contributed by atoms with van der Waals surface area (Å²) >= 11 is 5.72. The number of halogens is 2. The predicted molar refractivity (Wildman–Crippen MR) is 72.1 cm³/mol. The molecule has 0 saturated carbocycles. The average molecular weight is 275 g/mol. The molecule has 1 N–H and O–H groups in total. The van der Waals surface area contributed by atoms with Crippen molar-refractivity contribution >= 4 is 34.8 Å². The van der Waals surface area contributed by atoms with Crippen molar-refractivity contribution in [3.05, 3.63) is 58.6 Å². The number of anilines is 1. The number of rotatable bonds is 1. The van der Waals surface area contributed by atoms with Gasteiger partial charge in [0.2, 0.25) is 0 Å².